The third-order valence-electron chi connectivity index (χ3n) is 8.14. The molecule has 0 saturated carbocycles. The van der Waals surface area contributed by atoms with Crippen molar-refractivity contribution < 1.29 is 13.9 Å². The number of fused-ring (bicyclic) bond motifs is 6. The molecule has 6 rings (SSSR count). The Kier molecular flexibility index (Phi) is 7.11. The maximum atomic E-state index is 14.2. The van der Waals surface area contributed by atoms with E-state index in [-0.39, 0.29) is 5.91 Å². The fraction of sp³-hybridized carbons (Fsp3) is 0.273. The zero-order valence-electron chi connectivity index (χ0n) is 23.7. The highest BCUT2D eigenvalue weighted by Gasteiger charge is 2.57. The number of anilines is 2. The summed E-state index contributed by atoms with van der Waals surface area (Å²) in [5.74, 6) is 1.78. The van der Waals surface area contributed by atoms with Gasteiger partial charge in [0.05, 0.1) is 6.21 Å². The Morgan fingerprint density at radius 1 is 0.805 bits per heavy atom. The summed E-state index contributed by atoms with van der Waals surface area (Å²) in [6.07, 6.45) is 1.60. The van der Waals surface area contributed by atoms with E-state index in [0.717, 1.165) is 54.2 Å². The van der Waals surface area contributed by atoms with Crippen LogP contribution in [0, 0.1) is 0 Å². The Morgan fingerprint density at radius 3 is 1.93 bits per heavy atom. The number of carbonyl (C=O) groups is 1. The van der Waals surface area contributed by atoms with E-state index in [4.69, 9.17) is 14.3 Å². The van der Waals surface area contributed by atoms with Gasteiger partial charge < -0.3 is 19.0 Å². The van der Waals surface area contributed by atoms with Crippen LogP contribution in [0.4, 0.5) is 11.4 Å². The molecule has 41 heavy (non-hydrogen) atoms. The molecular formula is C33H33BrN4O3. The number of hydrazone groups is 1. The van der Waals surface area contributed by atoms with Crippen LogP contribution in [0.5, 0.6) is 11.5 Å². The zero-order valence-corrected chi connectivity index (χ0v) is 25.3. The Bertz CT molecular complexity index is 1580. The molecule has 7 nitrogen and oxygen atoms in total. The molecule has 210 valence electrons. The van der Waals surface area contributed by atoms with Gasteiger partial charge in [0, 0.05) is 71.9 Å². The lowest BCUT2D eigenvalue weighted by atomic mass is 9.75. The standard InChI is InChI=1S/C33H33BrN4O3/c1-5-36(6-2)22-13-16-27-29(19-22)41-30-20-23(37(7-3)8-4)14-17-28(30)33(27)26-12-10-9-11-25(26)32(39)38(33)35-21-24-15-18-31(34)40-24/h9-21H,5-8H2,1-4H3/b35-21+. The molecule has 0 saturated heterocycles. The van der Waals surface area contributed by atoms with Gasteiger partial charge in [0.1, 0.15) is 22.8 Å². The maximum Gasteiger partial charge on any atom is 0.275 e. The molecule has 3 aromatic carbocycles. The van der Waals surface area contributed by atoms with Crippen LogP contribution in [0.25, 0.3) is 0 Å². The monoisotopic (exact) mass is 612 g/mol. The van der Waals surface area contributed by atoms with E-state index in [1.54, 1.807) is 17.3 Å². The van der Waals surface area contributed by atoms with Crippen LogP contribution in [-0.2, 0) is 5.54 Å². The number of hydrogen-bond donors (Lipinski definition) is 0. The molecule has 0 aliphatic carbocycles. The second-order valence-corrected chi connectivity index (χ2v) is 10.8. The van der Waals surface area contributed by atoms with Gasteiger partial charge in [-0.1, -0.05) is 30.3 Å². The topological polar surface area (TPSA) is 61.5 Å². The average Bonchev–Trinajstić information content (AvgIpc) is 3.52. The lowest BCUT2D eigenvalue weighted by molar-refractivity contribution is 0.0675. The van der Waals surface area contributed by atoms with Gasteiger partial charge in [-0.15, -0.1) is 0 Å². The summed E-state index contributed by atoms with van der Waals surface area (Å²) in [4.78, 5) is 18.7. The van der Waals surface area contributed by atoms with Gasteiger partial charge in [-0.3, -0.25) is 4.79 Å². The molecule has 2 aliphatic heterocycles. The van der Waals surface area contributed by atoms with Crippen molar-refractivity contribution in [2.24, 2.45) is 5.10 Å². The van der Waals surface area contributed by atoms with Gasteiger partial charge in [-0.05, 0) is 74.0 Å². The van der Waals surface area contributed by atoms with Crippen molar-refractivity contribution in [3.8, 4) is 11.5 Å². The highest BCUT2D eigenvalue weighted by molar-refractivity contribution is 9.10. The lowest BCUT2D eigenvalue weighted by Crippen LogP contribution is -2.44. The van der Waals surface area contributed by atoms with Crippen LogP contribution in [-0.4, -0.2) is 43.3 Å². The van der Waals surface area contributed by atoms with Crippen LogP contribution < -0.4 is 14.5 Å². The van der Waals surface area contributed by atoms with Gasteiger partial charge in [0.15, 0.2) is 4.67 Å². The summed E-state index contributed by atoms with van der Waals surface area (Å²) < 4.78 is 13.0. The summed E-state index contributed by atoms with van der Waals surface area (Å²) in [5, 5.41) is 6.42. The molecule has 8 heteroatoms. The number of ether oxygens (including phenoxy) is 1. The SMILES string of the molecule is CCN(CC)c1ccc2c(c1)Oc1cc(N(CC)CC)ccc1C21c2ccccc2C(=O)N1/N=C/c1ccc(Br)o1. The molecule has 0 unspecified atom stereocenters. The van der Waals surface area contributed by atoms with E-state index in [2.05, 4.69) is 89.8 Å². The Morgan fingerprint density at radius 2 is 1.39 bits per heavy atom. The zero-order chi connectivity index (χ0) is 28.7. The predicted molar refractivity (Wildman–Crippen MR) is 167 cm³/mol. The van der Waals surface area contributed by atoms with Gasteiger partial charge in [-0.2, -0.15) is 5.10 Å². The number of nitrogens with zero attached hydrogens (tertiary/aromatic N) is 4. The summed E-state index contributed by atoms with van der Waals surface area (Å²) in [6, 6.07) is 24.0. The molecule has 1 amide bonds. The quantitative estimate of drug-likeness (QED) is 0.191. The number of halogens is 1. The molecule has 3 heterocycles. The second kappa shape index (κ2) is 10.7. The van der Waals surface area contributed by atoms with Crippen molar-refractivity contribution in [3.63, 3.8) is 0 Å². The predicted octanol–water partition coefficient (Wildman–Crippen LogP) is 7.62. The van der Waals surface area contributed by atoms with Gasteiger partial charge in [0.2, 0.25) is 0 Å². The third-order valence-corrected chi connectivity index (χ3v) is 8.57. The fourth-order valence-electron chi connectivity index (χ4n) is 6.16. The number of furan rings is 1. The van der Waals surface area contributed by atoms with E-state index in [9.17, 15) is 4.79 Å². The van der Waals surface area contributed by atoms with Crippen molar-refractivity contribution >= 4 is 39.4 Å². The number of rotatable bonds is 8. The van der Waals surface area contributed by atoms with Crippen LogP contribution in [0.2, 0.25) is 0 Å². The third kappa shape index (κ3) is 4.23. The first-order chi connectivity index (χ1) is 20.0. The van der Waals surface area contributed by atoms with Crippen molar-refractivity contribution in [2.75, 3.05) is 36.0 Å². The molecule has 4 aromatic rings. The van der Waals surface area contributed by atoms with Crippen LogP contribution >= 0.6 is 15.9 Å². The molecule has 0 fully saturated rings. The second-order valence-electron chi connectivity index (χ2n) is 10.1. The van der Waals surface area contributed by atoms with Crippen LogP contribution in [0.1, 0.15) is 60.5 Å². The van der Waals surface area contributed by atoms with E-state index in [1.807, 2.05) is 30.3 Å². The highest BCUT2D eigenvalue weighted by atomic mass is 79.9. The largest absolute Gasteiger partial charge is 0.456 e. The molecule has 1 aromatic heterocycles. The minimum atomic E-state index is -1.03. The van der Waals surface area contributed by atoms with E-state index < -0.39 is 5.54 Å². The lowest BCUT2D eigenvalue weighted by Gasteiger charge is -2.42. The summed E-state index contributed by atoms with van der Waals surface area (Å²) >= 11 is 3.36. The number of hydrogen-bond acceptors (Lipinski definition) is 6. The summed E-state index contributed by atoms with van der Waals surface area (Å²) in [5.41, 5.74) is 4.34. The van der Waals surface area contributed by atoms with Crippen molar-refractivity contribution in [2.45, 2.75) is 33.2 Å². The average molecular weight is 614 g/mol. The molecule has 0 bridgehead atoms. The first-order valence-corrected chi connectivity index (χ1v) is 15.0. The smallest absolute Gasteiger partial charge is 0.275 e. The number of benzene rings is 3. The number of amides is 1. The summed E-state index contributed by atoms with van der Waals surface area (Å²) in [7, 11) is 0. The van der Waals surface area contributed by atoms with Crippen molar-refractivity contribution in [3.05, 3.63) is 105 Å². The van der Waals surface area contributed by atoms with Gasteiger partial charge in [0.25, 0.3) is 5.91 Å². The minimum absolute atomic E-state index is 0.179. The Balaban J connectivity index is 1.64. The van der Waals surface area contributed by atoms with E-state index in [0.29, 0.717) is 27.5 Å². The molecule has 0 radical (unpaired) electrons. The van der Waals surface area contributed by atoms with E-state index in [1.165, 1.54) is 0 Å². The Labute approximate surface area is 249 Å². The first kappa shape index (κ1) is 27.1. The molecule has 1 spiro atoms. The van der Waals surface area contributed by atoms with Gasteiger partial charge >= 0.3 is 0 Å². The maximum absolute atomic E-state index is 14.2. The molecule has 0 N–H and O–H groups in total. The fourth-order valence-corrected chi connectivity index (χ4v) is 6.48. The van der Waals surface area contributed by atoms with E-state index >= 15 is 0 Å². The van der Waals surface area contributed by atoms with Crippen LogP contribution in [0.3, 0.4) is 0 Å². The normalized spacial score (nSPS) is 14.7. The Hall–Kier alpha value is -4.04. The van der Waals surface area contributed by atoms with Crippen LogP contribution in [0.15, 0.2) is 87.0 Å². The highest BCUT2D eigenvalue weighted by Crippen LogP contribution is 2.58. The molecule has 0 atom stereocenters. The van der Waals surface area contributed by atoms with Crippen molar-refractivity contribution in [1.82, 2.24) is 5.01 Å². The first-order valence-electron chi connectivity index (χ1n) is 14.2. The molecule has 2 aliphatic rings. The molecular weight excluding hydrogens is 580 g/mol. The van der Waals surface area contributed by atoms with Gasteiger partial charge in [-0.25, -0.2) is 5.01 Å². The minimum Gasteiger partial charge on any atom is -0.456 e. The summed E-state index contributed by atoms with van der Waals surface area (Å²) in [6.45, 7) is 12.1. The number of carbonyl (C=O) groups excluding carboxylic acids is 1. The van der Waals surface area contributed by atoms with Crippen molar-refractivity contribution in [1.29, 1.82) is 0 Å².